The zero-order chi connectivity index (χ0) is 22.5. The molecule has 1 aliphatic carbocycles. The number of carbonyl (C=O) groups excluding carboxylic acids is 1. The number of allylic oxidation sites excluding steroid dienone is 1. The smallest absolute Gasteiger partial charge is 0.162 e. The number of rotatable bonds is 5. The molecule has 0 N–H and O–H groups in total. The lowest BCUT2D eigenvalue weighted by atomic mass is 9.73. The first-order chi connectivity index (χ1) is 15.5. The lowest BCUT2D eigenvalue weighted by Gasteiger charge is -2.30. The maximum Gasteiger partial charge on any atom is 0.162 e. The van der Waals surface area contributed by atoms with Gasteiger partial charge >= 0.3 is 0 Å². The Morgan fingerprint density at radius 2 is 1.62 bits per heavy atom. The summed E-state index contributed by atoms with van der Waals surface area (Å²) >= 11 is 0. The first-order valence-corrected chi connectivity index (χ1v) is 11.3. The second-order valence-electron chi connectivity index (χ2n) is 8.85. The van der Waals surface area contributed by atoms with Gasteiger partial charge in [0.25, 0.3) is 0 Å². The van der Waals surface area contributed by atoms with Crippen LogP contribution in [0.15, 0.2) is 77.6 Å². The summed E-state index contributed by atoms with van der Waals surface area (Å²) < 4.78 is 0. The van der Waals surface area contributed by atoms with Gasteiger partial charge in [-0.15, -0.1) is 0 Å². The number of carbonyl (C=O) groups is 1. The van der Waals surface area contributed by atoms with Crippen LogP contribution < -0.4 is 0 Å². The summed E-state index contributed by atoms with van der Waals surface area (Å²) in [5.41, 5.74) is 4.69. The molecule has 0 amide bonds. The van der Waals surface area contributed by atoms with E-state index in [0.717, 1.165) is 40.8 Å². The number of hydrogen-bond acceptors (Lipinski definition) is 4. The van der Waals surface area contributed by atoms with Crippen molar-refractivity contribution in [3.05, 3.63) is 83.7 Å². The van der Waals surface area contributed by atoms with E-state index in [1.165, 1.54) is 0 Å². The molecule has 32 heavy (non-hydrogen) atoms. The molecule has 1 heterocycles. The van der Waals surface area contributed by atoms with Crippen LogP contribution in [0.3, 0.4) is 0 Å². The van der Waals surface area contributed by atoms with Gasteiger partial charge in [-0.2, -0.15) is 0 Å². The standard InChI is InChI=1S/C28H29N3O/c1-19(2)25-14-9-20(3)26(27(25)32)15-21-10-12-24(13-11-21)29-16-22-17-30-28(31-18-22)23-7-5-4-6-8-23/h4-8,10-13,15-20,25H,9,14H2,1-3H3/t20-,25+/m0/s1. The quantitative estimate of drug-likeness (QED) is 0.345. The molecule has 1 aliphatic rings. The molecule has 0 radical (unpaired) electrons. The lowest BCUT2D eigenvalue weighted by molar-refractivity contribution is -0.122. The molecule has 0 bridgehead atoms. The second kappa shape index (κ2) is 9.82. The minimum Gasteiger partial charge on any atom is -0.294 e. The zero-order valence-electron chi connectivity index (χ0n) is 18.9. The lowest BCUT2D eigenvalue weighted by Crippen LogP contribution is -2.30. The third-order valence-electron chi connectivity index (χ3n) is 6.15. The van der Waals surface area contributed by atoms with Crippen LogP contribution in [0.4, 0.5) is 5.69 Å². The van der Waals surface area contributed by atoms with Crippen molar-refractivity contribution in [1.29, 1.82) is 0 Å². The first kappa shape index (κ1) is 21.8. The van der Waals surface area contributed by atoms with Crippen LogP contribution in [-0.2, 0) is 4.79 Å². The van der Waals surface area contributed by atoms with Crippen molar-refractivity contribution < 1.29 is 4.79 Å². The number of aromatic nitrogens is 2. The van der Waals surface area contributed by atoms with E-state index in [0.29, 0.717) is 23.4 Å². The summed E-state index contributed by atoms with van der Waals surface area (Å²) in [7, 11) is 0. The first-order valence-electron chi connectivity index (χ1n) is 11.3. The Kier molecular flexibility index (Phi) is 6.69. The van der Waals surface area contributed by atoms with E-state index in [1.54, 1.807) is 18.6 Å². The Balaban J connectivity index is 1.45. The van der Waals surface area contributed by atoms with Gasteiger partial charge in [0, 0.05) is 35.7 Å². The summed E-state index contributed by atoms with van der Waals surface area (Å²) in [5.74, 6) is 1.87. The molecule has 4 nitrogen and oxygen atoms in total. The highest BCUT2D eigenvalue weighted by Crippen LogP contribution is 2.35. The normalized spacial score (nSPS) is 20.4. The van der Waals surface area contributed by atoms with Crippen LogP contribution in [0.1, 0.15) is 44.7 Å². The molecule has 4 heteroatoms. The molecule has 2 aromatic carbocycles. The Bertz CT molecular complexity index is 1110. The van der Waals surface area contributed by atoms with Crippen molar-refractivity contribution in [2.45, 2.75) is 33.6 Å². The van der Waals surface area contributed by atoms with Gasteiger partial charge in [-0.1, -0.05) is 63.2 Å². The molecule has 0 unspecified atom stereocenters. The molecule has 162 valence electrons. The number of aliphatic imine (C=N–C) groups is 1. The highest BCUT2D eigenvalue weighted by Gasteiger charge is 2.32. The minimum atomic E-state index is 0.150. The van der Waals surface area contributed by atoms with Crippen LogP contribution in [-0.4, -0.2) is 22.0 Å². The van der Waals surface area contributed by atoms with Crippen molar-refractivity contribution in [3.63, 3.8) is 0 Å². The molecule has 1 fully saturated rings. The average Bonchev–Trinajstić information content (AvgIpc) is 2.82. The van der Waals surface area contributed by atoms with Crippen LogP contribution >= 0.6 is 0 Å². The predicted molar refractivity (Wildman–Crippen MR) is 131 cm³/mol. The molecule has 1 aromatic heterocycles. The topological polar surface area (TPSA) is 55.2 Å². The molecule has 0 aliphatic heterocycles. The van der Waals surface area contributed by atoms with Gasteiger partial charge in [0.2, 0.25) is 0 Å². The average molecular weight is 424 g/mol. The Morgan fingerprint density at radius 3 is 2.28 bits per heavy atom. The fourth-order valence-electron chi connectivity index (χ4n) is 4.15. The summed E-state index contributed by atoms with van der Waals surface area (Å²) in [6, 6.07) is 17.9. The van der Waals surface area contributed by atoms with Crippen LogP contribution in [0.5, 0.6) is 0 Å². The van der Waals surface area contributed by atoms with E-state index >= 15 is 0 Å². The molecule has 2 atom stereocenters. The highest BCUT2D eigenvalue weighted by atomic mass is 16.1. The Morgan fingerprint density at radius 1 is 0.938 bits per heavy atom. The molecular formula is C28H29N3O. The summed E-state index contributed by atoms with van der Waals surface area (Å²) in [4.78, 5) is 26.3. The fourth-order valence-corrected chi connectivity index (χ4v) is 4.15. The molecule has 3 aromatic rings. The van der Waals surface area contributed by atoms with E-state index in [4.69, 9.17) is 0 Å². The van der Waals surface area contributed by atoms with Crippen LogP contribution in [0, 0.1) is 17.8 Å². The maximum absolute atomic E-state index is 12.9. The third kappa shape index (κ3) is 5.08. The minimum absolute atomic E-state index is 0.150. The Hall–Kier alpha value is -3.40. The summed E-state index contributed by atoms with van der Waals surface area (Å²) in [6.07, 6.45) is 9.46. The predicted octanol–water partition coefficient (Wildman–Crippen LogP) is 6.55. The number of ketones is 1. The number of nitrogens with zero attached hydrogens (tertiary/aromatic N) is 3. The second-order valence-corrected chi connectivity index (χ2v) is 8.85. The van der Waals surface area contributed by atoms with Gasteiger partial charge in [-0.05, 0) is 54.0 Å². The molecular weight excluding hydrogens is 394 g/mol. The van der Waals surface area contributed by atoms with Gasteiger partial charge in [0.15, 0.2) is 11.6 Å². The summed E-state index contributed by atoms with van der Waals surface area (Å²) in [5, 5.41) is 0. The fraction of sp³-hybridized carbons (Fsp3) is 0.286. The van der Waals surface area contributed by atoms with E-state index in [9.17, 15) is 4.79 Å². The Labute approximate surface area is 190 Å². The van der Waals surface area contributed by atoms with Crippen molar-refractivity contribution in [3.8, 4) is 11.4 Å². The van der Waals surface area contributed by atoms with E-state index in [1.807, 2.05) is 54.6 Å². The molecule has 0 saturated heterocycles. The van der Waals surface area contributed by atoms with E-state index in [2.05, 4.69) is 41.8 Å². The molecule has 4 rings (SSSR count). The third-order valence-corrected chi connectivity index (χ3v) is 6.15. The maximum atomic E-state index is 12.9. The SMILES string of the molecule is CC(C)[C@H]1CC[C@H](C)C(=Cc2ccc(N=Cc3cnc(-c4ccccc4)nc3)cc2)C1=O. The van der Waals surface area contributed by atoms with Gasteiger partial charge in [0.05, 0.1) is 5.69 Å². The monoisotopic (exact) mass is 423 g/mol. The van der Waals surface area contributed by atoms with E-state index < -0.39 is 0 Å². The largest absolute Gasteiger partial charge is 0.294 e. The van der Waals surface area contributed by atoms with Crippen molar-refractivity contribution in [2.24, 2.45) is 22.7 Å². The number of Topliss-reactive ketones (excluding diaryl/α,β-unsaturated/α-hetero) is 1. The molecule has 0 spiro atoms. The van der Waals surface area contributed by atoms with Gasteiger partial charge < -0.3 is 0 Å². The molecule has 1 saturated carbocycles. The van der Waals surface area contributed by atoms with Crippen molar-refractivity contribution >= 4 is 23.8 Å². The summed E-state index contributed by atoms with van der Waals surface area (Å²) in [6.45, 7) is 6.44. The van der Waals surface area contributed by atoms with Crippen LogP contribution in [0.2, 0.25) is 0 Å². The van der Waals surface area contributed by atoms with E-state index in [-0.39, 0.29) is 5.92 Å². The number of hydrogen-bond donors (Lipinski definition) is 0. The van der Waals surface area contributed by atoms with Crippen molar-refractivity contribution in [1.82, 2.24) is 9.97 Å². The van der Waals surface area contributed by atoms with Gasteiger partial charge in [-0.25, -0.2) is 9.97 Å². The van der Waals surface area contributed by atoms with Crippen LogP contribution in [0.25, 0.3) is 17.5 Å². The highest BCUT2D eigenvalue weighted by molar-refractivity contribution is 6.02. The number of benzene rings is 2. The van der Waals surface area contributed by atoms with Gasteiger partial charge in [-0.3, -0.25) is 9.79 Å². The van der Waals surface area contributed by atoms with Gasteiger partial charge in [0.1, 0.15) is 0 Å². The van der Waals surface area contributed by atoms with Crippen molar-refractivity contribution in [2.75, 3.05) is 0 Å². The zero-order valence-corrected chi connectivity index (χ0v) is 18.9.